The van der Waals surface area contributed by atoms with Crippen LogP contribution in [0.5, 0.6) is 0 Å². The number of hydrogen-bond acceptors (Lipinski definition) is 7. The maximum atomic E-state index is 14.3. The second-order valence-electron chi connectivity index (χ2n) is 16.1. The van der Waals surface area contributed by atoms with Crippen molar-refractivity contribution in [2.75, 3.05) is 19.8 Å². The summed E-state index contributed by atoms with van der Waals surface area (Å²) < 4.78 is 39.0. The molecule has 0 fully saturated rings. The van der Waals surface area contributed by atoms with Crippen LogP contribution in [0, 0.1) is 5.41 Å². The first-order valence-corrected chi connectivity index (χ1v) is 21.7. The van der Waals surface area contributed by atoms with Gasteiger partial charge in [-0.2, -0.15) is 0 Å². The highest BCUT2D eigenvalue weighted by molar-refractivity contribution is 6.74. The highest BCUT2D eigenvalue weighted by Crippen LogP contribution is 2.38. The van der Waals surface area contributed by atoms with Crippen molar-refractivity contribution in [1.82, 2.24) is 0 Å². The van der Waals surface area contributed by atoms with Crippen LogP contribution in [0.25, 0.3) is 0 Å². The van der Waals surface area contributed by atoms with Crippen LogP contribution in [0.3, 0.4) is 0 Å². The predicted octanol–water partition coefficient (Wildman–Crippen LogP) is 10.1. The Hall–Kier alpha value is -3.89. The maximum absolute atomic E-state index is 14.3. The Morgan fingerprint density at radius 3 is 1.44 bits per heavy atom. The molecule has 0 aromatic heterocycles. The van der Waals surface area contributed by atoms with Crippen LogP contribution in [0.1, 0.15) is 56.9 Å². The van der Waals surface area contributed by atoms with E-state index in [9.17, 15) is 4.79 Å². The molecule has 0 heterocycles. The Kier molecular flexibility index (Phi) is 16.4. The van der Waals surface area contributed by atoms with Crippen molar-refractivity contribution < 1.29 is 32.9 Å². The van der Waals surface area contributed by atoms with Crippen molar-refractivity contribution in [1.29, 1.82) is 0 Å². The first-order chi connectivity index (χ1) is 25.7. The molecule has 0 spiro atoms. The molecule has 0 aliphatic heterocycles. The molecule has 290 valence electrons. The molecule has 7 nitrogen and oxygen atoms in total. The minimum atomic E-state index is -1.99. The molecule has 0 saturated carbocycles. The summed E-state index contributed by atoms with van der Waals surface area (Å²) in [4.78, 5) is 14.3. The Labute approximate surface area is 324 Å². The molecular formula is C46H60O7Si. The summed E-state index contributed by atoms with van der Waals surface area (Å²) in [7, 11) is -1.99. The average molecular weight is 753 g/mol. The molecule has 0 radical (unpaired) electrons. The van der Waals surface area contributed by atoms with Crippen LogP contribution in [-0.4, -0.2) is 52.2 Å². The number of carbonyl (C=O) groups is 1. The zero-order valence-electron chi connectivity index (χ0n) is 33.3. The van der Waals surface area contributed by atoms with Crippen molar-refractivity contribution >= 4 is 14.1 Å². The van der Waals surface area contributed by atoms with E-state index < -0.39 is 26.6 Å². The average Bonchev–Trinajstić information content (AvgIpc) is 3.16. The van der Waals surface area contributed by atoms with Crippen molar-refractivity contribution in [3.05, 3.63) is 156 Å². The van der Waals surface area contributed by atoms with Crippen LogP contribution in [-0.2, 0) is 59.3 Å². The third-order valence-electron chi connectivity index (χ3n) is 9.70. The lowest BCUT2D eigenvalue weighted by atomic mass is 9.96. The Bertz CT molecular complexity index is 1670. The second-order valence-corrected chi connectivity index (χ2v) is 20.9. The molecule has 4 aromatic rings. The highest BCUT2D eigenvalue weighted by atomic mass is 28.4. The smallest absolute Gasteiger partial charge is 0.192 e. The maximum Gasteiger partial charge on any atom is 0.192 e. The van der Waals surface area contributed by atoms with Gasteiger partial charge >= 0.3 is 0 Å². The van der Waals surface area contributed by atoms with Gasteiger partial charge in [-0.05, 0) is 40.4 Å². The van der Waals surface area contributed by atoms with Crippen LogP contribution in [0.2, 0.25) is 18.1 Å². The molecule has 0 bridgehead atoms. The van der Waals surface area contributed by atoms with Gasteiger partial charge in [0.25, 0.3) is 0 Å². The SMILES string of the molecule is C=C(OCC(C)(C)CO[Si](C)(C)C(C)(C)C)[C@@H](OCc1ccccc1)[C@H](OCc1ccccc1)[C@@H](OCc1ccccc1)C(=O)COCc1ccccc1. The van der Waals surface area contributed by atoms with E-state index in [1.807, 2.05) is 121 Å². The topological polar surface area (TPSA) is 72.5 Å². The van der Waals surface area contributed by atoms with Crippen LogP contribution in [0.15, 0.2) is 134 Å². The van der Waals surface area contributed by atoms with Crippen molar-refractivity contribution in [2.24, 2.45) is 5.41 Å². The number of hydrogen-bond donors (Lipinski definition) is 0. The number of rotatable bonds is 23. The summed E-state index contributed by atoms with van der Waals surface area (Å²) in [5, 5.41) is 0.0827. The first kappa shape index (κ1) is 42.8. The molecule has 0 aliphatic rings. The van der Waals surface area contributed by atoms with Gasteiger partial charge in [-0.3, -0.25) is 4.79 Å². The fourth-order valence-corrected chi connectivity index (χ4v) is 6.48. The van der Waals surface area contributed by atoms with Gasteiger partial charge in [0.1, 0.15) is 30.7 Å². The first-order valence-electron chi connectivity index (χ1n) is 18.8. The van der Waals surface area contributed by atoms with E-state index in [4.69, 9.17) is 28.1 Å². The number of benzene rings is 4. The fourth-order valence-electron chi connectivity index (χ4n) is 5.29. The van der Waals surface area contributed by atoms with Crippen molar-refractivity contribution in [3.8, 4) is 0 Å². The summed E-state index contributed by atoms with van der Waals surface area (Å²) in [5.41, 5.74) is 3.44. The molecule has 0 aliphatic carbocycles. The Morgan fingerprint density at radius 1 is 0.593 bits per heavy atom. The van der Waals surface area contributed by atoms with E-state index in [1.165, 1.54) is 0 Å². The zero-order valence-corrected chi connectivity index (χ0v) is 34.3. The molecule has 4 rings (SSSR count). The van der Waals surface area contributed by atoms with Gasteiger partial charge < -0.3 is 28.1 Å². The van der Waals surface area contributed by atoms with Gasteiger partial charge in [0, 0.05) is 12.0 Å². The minimum Gasteiger partial charge on any atom is -0.495 e. The van der Waals surface area contributed by atoms with E-state index in [2.05, 4.69) is 54.3 Å². The van der Waals surface area contributed by atoms with Gasteiger partial charge in [-0.15, -0.1) is 0 Å². The fraction of sp³-hybridized carbons (Fsp3) is 0.413. The largest absolute Gasteiger partial charge is 0.495 e. The molecule has 4 aromatic carbocycles. The van der Waals surface area contributed by atoms with Crippen LogP contribution in [0.4, 0.5) is 0 Å². The van der Waals surface area contributed by atoms with E-state index in [1.54, 1.807) is 0 Å². The lowest BCUT2D eigenvalue weighted by Crippen LogP contribution is -2.49. The summed E-state index contributed by atoms with van der Waals surface area (Å²) in [6.45, 7) is 21.4. The molecule has 54 heavy (non-hydrogen) atoms. The third-order valence-corrected chi connectivity index (χ3v) is 14.2. The van der Waals surface area contributed by atoms with Gasteiger partial charge in [0.15, 0.2) is 14.1 Å². The van der Waals surface area contributed by atoms with Gasteiger partial charge in [0.2, 0.25) is 0 Å². The monoisotopic (exact) mass is 752 g/mol. The molecule has 8 heteroatoms. The number of ketones is 1. The third kappa shape index (κ3) is 14.1. The van der Waals surface area contributed by atoms with E-state index in [0.29, 0.717) is 19.0 Å². The quantitative estimate of drug-likeness (QED) is 0.0552. The van der Waals surface area contributed by atoms with Crippen molar-refractivity contribution in [3.63, 3.8) is 0 Å². The van der Waals surface area contributed by atoms with E-state index >= 15 is 0 Å². The van der Waals surface area contributed by atoms with E-state index in [-0.39, 0.29) is 49.3 Å². The van der Waals surface area contributed by atoms with Crippen LogP contribution < -0.4 is 0 Å². The lowest BCUT2D eigenvalue weighted by Gasteiger charge is -2.39. The van der Waals surface area contributed by atoms with Gasteiger partial charge in [-0.1, -0.05) is 163 Å². The summed E-state index contributed by atoms with van der Waals surface area (Å²) in [6, 6.07) is 39.3. The molecular weight excluding hydrogens is 693 g/mol. The Balaban J connectivity index is 1.65. The van der Waals surface area contributed by atoms with E-state index in [0.717, 1.165) is 22.3 Å². The second kappa shape index (κ2) is 20.7. The lowest BCUT2D eigenvalue weighted by molar-refractivity contribution is -0.170. The molecule has 3 atom stereocenters. The van der Waals surface area contributed by atoms with Gasteiger partial charge in [-0.25, -0.2) is 0 Å². The standard InChI is InChI=1S/C46H60O7Si/c1-36(52-34-46(5,6)35-53-54(7,8)45(2,3)4)42(49-30-38-23-15-10-16-24-38)44(51-32-40-27-19-12-20-28-40)43(50-31-39-25-17-11-18-26-39)41(47)33-48-29-37-21-13-9-14-22-37/h9-28,42-44H,1,29-35H2,2-8H3/t42-,43+,44+/m1/s1. The number of carbonyl (C=O) groups excluding carboxylic acids is 1. The summed E-state index contributed by atoms with van der Waals surface area (Å²) in [5.74, 6) is 0.0693. The summed E-state index contributed by atoms with van der Waals surface area (Å²) in [6.07, 6.45) is -2.91. The van der Waals surface area contributed by atoms with Crippen molar-refractivity contribution in [2.45, 2.75) is 97.5 Å². The molecule has 0 saturated heterocycles. The summed E-state index contributed by atoms with van der Waals surface area (Å²) >= 11 is 0. The molecule has 0 unspecified atom stereocenters. The zero-order chi connectivity index (χ0) is 39.0. The number of ether oxygens (including phenoxy) is 5. The molecule has 0 amide bonds. The van der Waals surface area contributed by atoms with Crippen LogP contribution >= 0.6 is 0 Å². The van der Waals surface area contributed by atoms with Gasteiger partial charge in [0.05, 0.1) is 33.0 Å². The molecule has 0 N–H and O–H groups in total. The predicted molar refractivity (Wildman–Crippen MR) is 218 cm³/mol. The highest BCUT2D eigenvalue weighted by Gasteiger charge is 2.41. The number of Topliss-reactive ketones (excluding diaryl/α,β-unsaturated/α-hetero) is 1. The minimum absolute atomic E-state index is 0.0827. The Morgan fingerprint density at radius 2 is 1.00 bits per heavy atom. The normalized spacial score (nSPS) is 13.9.